The van der Waals surface area contributed by atoms with E-state index in [2.05, 4.69) is 25.9 Å². The van der Waals surface area contributed by atoms with Crippen LogP contribution in [0.25, 0.3) is 11.2 Å². The summed E-state index contributed by atoms with van der Waals surface area (Å²) in [7, 11) is 0. The largest absolute Gasteiger partial charge is 0.356 e. The summed E-state index contributed by atoms with van der Waals surface area (Å²) in [5.74, 6) is 3.03. The summed E-state index contributed by atoms with van der Waals surface area (Å²) in [6.07, 6.45) is 9.83. The Bertz CT molecular complexity index is 1100. The summed E-state index contributed by atoms with van der Waals surface area (Å²) in [6.45, 7) is 3.51. The van der Waals surface area contributed by atoms with Crippen molar-refractivity contribution in [3.05, 3.63) is 42.2 Å². The summed E-state index contributed by atoms with van der Waals surface area (Å²) < 4.78 is 0. The Hall–Kier alpha value is -3.03. The number of likely N-dealkylation sites (tertiary alicyclic amines) is 1. The molecule has 8 nitrogen and oxygen atoms in total. The van der Waals surface area contributed by atoms with E-state index in [1.54, 1.807) is 12.4 Å². The van der Waals surface area contributed by atoms with Crippen LogP contribution in [0.1, 0.15) is 50.2 Å². The van der Waals surface area contributed by atoms with Crippen molar-refractivity contribution in [1.82, 2.24) is 29.8 Å². The summed E-state index contributed by atoms with van der Waals surface area (Å²) >= 11 is 0. The minimum absolute atomic E-state index is 0.0732. The second kappa shape index (κ2) is 7.28. The van der Waals surface area contributed by atoms with E-state index in [1.165, 1.54) is 0 Å². The van der Waals surface area contributed by atoms with Gasteiger partial charge in [-0.05, 0) is 56.7 Å². The molecule has 0 bridgehead atoms. The van der Waals surface area contributed by atoms with Crippen molar-refractivity contribution >= 4 is 22.9 Å². The summed E-state index contributed by atoms with van der Waals surface area (Å²) in [6, 6.07) is 5.94. The fourth-order valence-corrected chi connectivity index (χ4v) is 5.11. The highest BCUT2D eigenvalue weighted by Crippen LogP contribution is 2.51. The predicted molar refractivity (Wildman–Crippen MR) is 117 cm³/mol. The Kier molecular flexibility index (Phi) is 4.40. The average molecular weight is 418 g/mol. The number of hydrogen-bond donors (Lipinski definition) is 1. The van der Waals surface area contributed by atoms with Crippen molar-refractivity contribution in [3.8, 4) is 0 Å². The van der Waals surface area contributed by atoms with Crippen LogP contribution in [0.3, 0.4) is 0 Å². The van der Waals surface area contributed by atoms with Crippen molar-refractivity contribution in [2.75, 3.05) is 31.1 Å². The number of fused-ring (bicyclic) bond motifs is 1. The standard InChI is InChI=1S/C23H27N7O/c31-20(29-12-1-2-13-29)16-5-3-14-30(15-16)18-7-6-17-19(27-18)28-22(26-17)23(8-9-23)21-24-10-4-11-25-21/h4,6-7,10-11,16H,1-3,5,8-9,12-15H2,(H,26,27,28). The van der Waals surface area contributed by atoms with Gasteiger partial charge in [0.15, 0.2) is 5.65 Å². The summed E-state index contributed by atoms with van der Waals surface area (Å²) in [5, 5.41) is 0. The Morgan fingerprint density at radius 1 is 1.03 bits per heavy atom. The molecule has 1 amide bonds. The van der Waals surface area contributed by atoms with Gasteiger partial charge in [-0.2, -0.15) is 0 Å². The number of piperidine rings is 1. The van der Waals surface area contributed by atoms with E-state index in [1.807, 2.05) is 17.0 Å². The maximum Gasteiger partial charge on any atom is 0.227 e. The highest BCUT2D eigenvalue weighted by molar-refractivity contribution is 5.80. The predicted octanol–water partition coefficient (Wildman–Crippen LogP) is 2.67. The molecule has 2 aliphatic heterocycles. The van der Waals surface area contributed by atoms with Crippen LogP contribution in [0.4, 0.5) is 5.82 Å². The van der Waals surface area contributed by atoms with E-state index in [0.29, 0.717) is 5.91 Å². The van der Waals surface area contributed by atoms with Gasteiger partial charge in [-0.3, -0.25) is 4.79 Å². The zero-order valence-electron chi connectivity index (χ0n) is 17.6. The maximum atomic E-state index is 12.9. The van der Waals surface area contributed by atoms with Gasteiger partial charge in [0.2, 0.25) is 5.91 Å². The average Bonchev–Trinajstić information content (AvgIpc) is 3.24. The molecule has 3 aromatic rings. The van der Waals surface area contributed by atoms with Crippen LogP contribution in [0, 0.1) is 5.92 Å². The number of carbonyl (C=O) groups excluding carboxylic acids is 1. The smallest absolute Gasteiger partial charge is 0.227 e. The second-order valence-electron chi connectivity index (χ2n) is 9.10. The Labute approximate surface area is 181 Å². The third-order valence-corrected chi connectivity index (χ3v) is 7.04. The molecule has 0 spiro atoms. The molecular formula is C23H27N7O. The molecule has 6 rings (SSSR count). The van der Waals surface area contributed by atoms with Crippen molar-refractivity contribution in [2.24, 2.45) is 5.92 Å². The fraction of sp³-hybridized carbons (Fsp3) is 0.522. The number of anilines is 1. The Morgan fingerprint density at radius 3 is 2.61 bits per heavy atom. The normalized spacial score (nSPS) is 22.8. The van der Waals surface area contributed by atoms with E-state index in [-0.39, 0.29) is 11.3 Å². The number of nitrogens with one attached hydrogen (secondary N) is 1. The van der Waals surface area contributed by atoms with E-state index >= 15 is 0 Å². The first kappa shape index (κ1) is 18.7. The number of nitrogens with zero attached hydrogens (tertiary/aromatic N) is 6. The SMILES string of the molecule is O=C(C1CCCN(c2ccc3[nH]c(C4(c5ncccn5)CC4)nc3n2)C1)N1CCCC1. The molecule has 5 heterocycles. The zero-order chi connectivity index (χ0) is 20.8. The number of rotatable bonds is 4. The molecule has 1 atom stereocenters. The lowest BCUT2D eigenvalue weighted by atomic mass is 9.96. The molecule has 2 saturated heterocycles. The molecule has 160 valence electrons. The first-order valence-electron chi connectivity index (χ1n) is 11.4. The molecule has 1 aliphatic carbocycles. The minimum atomic E-state index is -0.208. The molecule has 1 saturated carbocycles. The second-order valence-corrected chi connectivity index (χ2v) is 9.10. The van der Waals surface area contributed by atoms with Gasteiger partial charge in [0.1, 0.15) is 17.5 Å². The van der Waals surface area contributed by atoms with Gasteiger partial charge in [-0.15, -0.1) is 0 Å². The van der Waals surface area contributed by atoms with E-state index in [0.717, 1.165) is 93.3 Å². The number of H-pyrrole nitrogens is 1. The van der Waals surface area contributed by atoms with E-state index < -0.39 is 0 Å². The molecule has 1 N–H and O–H groups in total. The van der Waals surface area contributed by atoms with Crippen molar-refractivity contribution in [3.63, 3.8) is 0 Å². The van der Waals surface area contributed by atoms with Gasteiger partial charge in [0.05, 0.1) is 16.8 Å². The van der Waals surface area contributed by atoms with Crippen LogP contribution in [0.2, 0.25) is 0 Å². The monoisotopic (exact) mass is 417 g/mol. The van der Waals surface area contributed by atoms with Crippen molar-refractivity contribution < 1.29 is 4.79 Å². The number of hydrogen-bond acceptors (Lipinski definition) is 6. The number of aromatic nitrogens is 5. The molecule has 3 aliphatic rings. The van der Waals surface area contributed by atoms with Crippen LogP contribution in [-0.4, -0.2) is 61.9 Å². The summed E-state index contributed by atoms with van der Waals surface area (Å²) in [5.41, 5.74) is 1.45. The third kappa shape index (κ3) is 3.25. The van der Waals surface area contributed by atoms with Crippen LogP contribution >= 0.6 is 0 Å². The zero-order valence-corrected chi connectivity index (χ0v) is 17.6. The number of imidazole rings is 1. The topological polar surface area (TPSA) is 90.9 Å². The first-order valence-corrected chi connectivity index (χ1v) is 11.4. The lowest BCUT2D eigenvalue weighted by Gasteiger charge is -2.34. The summed E-state index contributed by atoms with van der Waals surface area (Å²) in [4.78, 5) is 39.3. The minimum Gasteiger partial charge on any atom is -0.356 e. The molecule has 8 heteroatoms. The molecule has 0 aromatic carbocycles. The van der Waals surface area contributed by atoms with E-state index in [4.69, 9.17) is 9.97 Å². The molecule has 0 radical (unpaired) electrons. The van der Waals surface area contributed by atoms with Gasteiger partial charge in [-0.25, -0.2) is 19.9 Å². The molecule has 3 aromatic heterocycles. The van der Waals surface area contributed by atoms with Crippen molar-refractivity contribution in [1.29, 1.82) is 0 Å². The van der Waals surface area contributed by atoms with Gasteiger partial charge in [0.25, 0.3) is 0 Å². The fourth-order valence-electron chi connectivity index (χ4n) is 5.11. The number of carbonyl (C=O) groups is 1. The van der Waals surface area contributed by atoms with Crippen molar-refractivity contribution in [2.45, 2.75) is 43.9 Å². The van der Waals surface area contributed by atoms with Gasteiger partial charge in [-0.1, -0.05) is 0 Å². The Balaban J connectivity index is 1.25. The maximum absolute atomic E-state index is 12.9. The van der Waals surface area contributed by atoms with Crippen LogP contribution in [0.5, 0.6) is 0 Å². The third-order valence-electron chi connectivity index (χ3n) is 7.04. The Morgan fingerprint density at radius 2 is 1.84 bits per heavy atom. The van der Waals surface area contributed by atoms with Gasteiger partial charge >= 0.3 is 0 Å². The lowest BCUT2D eigenvalue weighted by molar-refractivity contribution is -0.134. The highest BCUT2D eigenvalue weighted by Gasteiger charge is 2.51. The first-order chi connectivity index (χ1) is 15.2. The highest BCUT2D eigenvalue weighted by atomic mass is 16.2. The molecule has 1 unspecified atom stereocenters. The molecular weight excluding hydrogens is 390 g/mol. The van der Waals surface area contributed by atoms with Crippen LogP contribution < -0.4 is 4.90 Å². The van der Waals surface area contributed by atoms with Gasteiger partial charge in [0, 0.05) is 38.6 Å². The number of aromatic amines is 1. The molecule has 31 heavy (non-hydrogen) atoms. The quantitative estimate of drug-likeness (QED) is 0.702. The van der Waals surface area contributed by atoms with E-state index in [9.17, 15) is 4.79 Å². The lowest BCUT2D eigenvalue weighted by Crippen LogP contribution is -2.44. The molecule has 3 fully saturated rings. The number of amides is 1. The van der Waals surface area contributed by atoms with Crippen LogP contribution in [0.15, 0.2) is 30.6 Å². The number of pyridine rings is 1. The van der Waals surface area contributed by atoms with Crippen LogP contribution in [-0.2, 0) is 10.2 Å². The van der Waals surface area contributed by atoms with Gasteiger partial charge < -0.3 is 14.8 Å².